The fourth-order valence-corrected chi connectivity index (χ4v) is 3.06. The average Bonchev–Trinajstić information content (AvgIpc) is 2.63. The summed E-state index contributed by atoms with van der Waals surface area (Å²) in [6.45, 7) is 7.12. The SMILES string of the molecule is Cc1cccc(C)c1CN1CC(O)CC1CN(C)C. The third-order valence-electron chi connectivity index (χ3n) is 4.09. The number of nitrogens with zero attached hydrogens (tertiary/aromatic N) is 2. The Balaban J connectivity index is 2.12. The van der Waals surface area contributed by atoms with E-state index in [9.17, 15) is 5.11 Å². The number of hydrogen-bond acceptors (Lipinski definition) is 3. The zero-order valence-electron chi connectivity index (χ0n) is 12.6. The maximum atomic E-state index is 9.94. The van der Waals surface area contributed by atoms with Crippen molar-refractivity contribution in [3.8, 4) is 0 Å². The van der Waals surface area contributed by atoms with Gasteiger partial charge in [-0.05, 0) is 51.1 Å². The normalized spacial score (nSPS) is 24.3. The number of aryl methyl sites for hydroxylation is 2. The summed E-state index contributed by atoms with van der Waals surface area (Å²) < 4.78 is 0. The molecular formula is C16H26N2O. The van der Waals surface area contributed by atoms with E-state index in [4.69, 9.17) is 0 Å². The number of rotatable bonds is 4. The molecule has 1 saturated heterocycles. The van der Waals surface area contributed by atoms with Gasteiger partial charge in [-0.2, -0.15) is 0 Å². The molecule has 0 aromatic heterocycles. The second-order valence-electron chi connectivity index (χ2n) is 6.11. The first-order valence-corrected chi connectivity index (χ1v) is 7.09. The Labute approximate surface area is 116 Å². The first-order valence-electron chi connectivity index (χ1n) is 7.09. The van der Waals surface area contributed by atoms with Crippen LogP contribution in [-0.2, 0) is 6.54 Å². The van der Waals surface area contributed by atoms with Crippen LogP contribution >= 0.6 is 0 Å². The molecule has 2 atom stereocenters. The van der Waals surface area contributed by atoms with Gasteiger partial charge in [0.25, 0.3) is 0 Å². The van der Waals surface area contributed by atoms with Gasteiger partial charge < -0.3 is 10.0 Å². The third-order valence-corrected chi connectivity index (χ3v) is 4.09. The lowest BCUT2D eigenvalue weighted by molar-refractivity contribution is 0.169. The standard InChI is InChI=1S/C16H26N2O/c1-12-6-5-7-13(2)16(12)11-18-10-15(19)8-14(18)9-17(3)4/h5-7,14-15,19H,8-11H2,1-4H3. The lowest BCUT2D eigenvalue weighted by Crippen LogP contribution is -2.37. The summed E-state index contributed by atoms with van der Waals surface area (Å²) in [5, 5.41) is 9.94. The van der Waals surface area contributed by atoms with Crippen molar-refractivity contribution in [2.24, 2.45) is 0 Å². The third kappa shape index (κ3) is 3.56. The van der Waals surface area contributed by atoms with Gasteiger partial charge >= 0.3 is 0 Å². The molecule has 0 aliphatic carbocycles. The highest BCUT2D eigenvalue weighted by Gasteiger charge is 2.31. The molecule has 1 aliphatic rings. The number of benzene rings is 1. The maximum absolute atomic E-state index is 9.94. The van der Waals surface area contributed by atoms with Gasteiger partial charge in [-0.3, -0.25) is 4.90 Å². The summed E-state index contributed by atoms with van der Waals surface area (Å²) in [5.74, 6) is 0. The lowest BCUT2D eigenvalue weighted by Gasteiger charge is -2.27. The van der Waals surface area contributed by atoms with Crippen LogP contribution in [0.25, 0.3) is 0 Å². The van der Waals surface area contributed by atoms with Crippen LogP contribution in [-0.4, -0.2) is 54.2 Å². The van der Waals surface area contributed by atoms with E-state index in [1.807, 2.05) is 0 Å². The van der Waals surface area contributed by atoms with Crippen molar-refractivity contribution in [1.29, 1.82) is 0 Å². The molecule has 19 heavy (non-hydrogen) atoms. The van der Waals surface area contributed by atoms with E-state index in [0.29, 0.717) is 6.04 Å². The largest absolute Gasteiger partial charge is 0.392 e. The van der Waals surface area contributed by atoms with Crippen LogP contribution < -0.4 is 0 Å². The van der Waals surface area contributed by atoms with E-state index in [1.54, 1.807) is 0 Å². The van der Waals surface area contributed by atoms with Gasteiger partial charge in [-0.1, -0.05) is 18.2 Å². The highest BCUT2D eigenvalue weighted by molar-refractivity contribution is 5.33. The van der Waals surface area contributed by atoms with Gasteiger partial charge in [-0.15, -0.1) is 0 Å². The molecule has 3 heteroatoms. The predicted molar refractivity (Wildman–Crippen MR) is 79.3 cm³/mol. The fourth-order valence-electron chi connectivity index (χ4n) is 3.06. The van der Waals surface area contributed by atoms with Crippen LogP contribution in [0, 0.1) is 13.8 Å². The van der Waals surface area contributed by atoms with Gasteiger partial charge in [0.1, 0.15) is 0 Å². The number of aliphatic hydroxyl groups is 1. The number of aliphatic hydroxyl groups excluding tert-OH is 1. The average molecular weight is 262 g/mol. The van der Waals surface area contributed by atoms with E-state index >= 15 is 0 Å². The second-order valence-corrected chi connectivity index (χ2v) is 6.11. The van der Waals surface area contributed by atoms with Crippen molar-refractivity contribution in [1.82, 2.24) is 9.80 Å². The smallest absolute Gasteiger partial charge is 0.0682 e. The van der Waals surface area contributed by atoms with Crippen LogP contribution in [0.15, 0.2) is 18.2 Å². The van der Waals surface area contributed by atoms with Gasteiger partial charge in [0.05, 0.1) is 6.10 Å². The van der Waals surface area contributed by atoms with Crippen LogP contribution in [0.1, 0.15) is 23.1 Å². The minimum absolute atomic E-state index is 0.172. The van der Waals surface area contributed by atoms with Crippen LogP contribution in [0.5, 0.6) is 0 Å². The zero-order chi connectivity index (χ0) is 14.0. The molecule has 1 aromatic carbocycles. The molecule has 1 aromatic rings. The molecule has 0 saturated carbocycles. The predicted octanol–water partition coefficient (Wildman–Crippen LogP) is 1.80. The van der Waals surface area contributed by atoms with Crippen molar-refractivity contribution in [2.45, 2.75) is 39.0 Å². The molecule has 1 aliphatic heterocycles. The first-order chi connectivity index (χ1) is 8.97. The molecule has 2 unspecified atom stereocenters. The van der Waals surface area contributed by atoms with Gasteiger partial charge in [-0.25, -0.2) is 0 Å². The Hall–Kier alpha value is -0.900. The summed E-state index contributed by atoms with van der Waals surface area (Å²) in [5.41, 5.74) is 4.12. The summed E-state index contributed by atoms with van der Waals surface area (Å²) in [6, 6.07) is 6.93. The molecule has 0 spiro atoms. The van der Waals surface area contributed by atoms with E-state index in [0.717, 1.165) is 26.1 Å². The second kappa shape index (κ2) is 6.04. The summed E-state index contributed by atoms with van der Waals surface area (Å²) in [7, 11) is 4.20. The van der Waals surface area contributed by atoms with Crippen molar-refractivity contribution < 1.29 is 5.11 Å². The van der Waals surface area contributed by atoms with Crippen LogP contribution in [0.2, 0.25) is 0 Å². The first kappa shape index (κ1) is 14.5. The molecule has 0 bridgehead atoms. The van der Waals surface area contributed by atoms with E-state index in [2.05, 4.69) is 55.9 Å². The van der Waals surface area contributed by atoms with Crippen molar-refractivity contribution >= 4 is 0 Å². The number of hydrogen-bond donors (Lipinski definition) is 1. The number of likely N-dealkylation sites (N-methyl/N-ethyl adjacent to an activating group) is 1. The fraction of sp³-hybridized carbons (Fsp3) is 0.625. The Morgan fingerprint density at radius 3 is 2.47 bits per heavy atom. The molecule has 3 nitrogen and oxygen atoms in total. The quantitative estimate of drug-likeness (QED) is 0.896. The molecule has 1 N–H and O–H groups in total. The number of β-amino-alcohol motifs (C(OH)–C–C–N with tert-alkyl or cyclic N) is 1. The molecule has 1 heterocycles. The maximum Gasteiger partial charge on any atom is 0.0682 e. The lowest BCUT2D eigenvalue weighted by atomic mass is 10.0. The minimum atomic E-state index is -0.172. The van der Waals surface area contributed by atoms with Gasteiger partial charge in [0, 0.05) is 25.7 Å². The number of likely N-dealkylation sites (tertiary alicyclic amines) is 1. The Morgan fingerprint density at radius 2 is 1.89 bits per heavy atom. The highest BCUT2D eigenvalue weighted by atomic mass is 16.3. The summed E-state index contributed by atoms with van der Waals surface area (Å²) in [6.07, 6.45) is 0.720. The summed E-state index contributed by atoms with van der Waals surface area (Å²) in [4.78, 5) is 4.64. The van der Waals surface area contributed by atoms with Crippen molar-refractivity contribution in [2.75, 3.05) is 27.2 Å². The topological polar surface area (TPSA) is 26.7 Å². The van der Waals surface area contributed by atoms with Crippen molar-refractivity contribution in [3.05, 3.63) is 34.9 Å². The molecule has 1 fully saturated rings. The van der Waals surface area contributed by atoms with Gasteiger partial charge in [0.2, 0.25) is 0 Å². The van der Waals surface area contributed by atoms with E-state index < -0.39 is 0 Å². The van der Waals surface area contributed by atoms with E-state index in [-0.39, 0.29) is 6.10 Å². The van der Waals surface area contributed by atoms with E-state index in [1.165, 1.54) is 16.7 Å². The molecular weight excluding hydrogens is 236 g/mol. The Bertz CT molecular complexity index is 411. The van der Waals surface area contributed by atoms with Crippen LogP contribution in [0.3, 0.4) is 0 Å². The Kier molecular flexibility index (Phi) is 4.61. The molecule has 0 radical (unpaired) electrons. The van der Waals surface area contributed by atoms with Crippen LogP contribution in [0.4, 0.5) is 0 Å². The van der Waals surface area contributed by atoms with Gasteiger partial charge in [0.15, 0.2) is 0 Å². The minimum Gasteiger partial charge on any atom is -0.392 e. The zero-order valence-corrected chi connectivity index (χ0v) is 12.6. The monoisotopic (exact) mass is 262 g/mol. The summed E-state index contributed by atoms with van der Waals surface area (Å²) >= 11 is 0. The molecule has 106 valence electrons. The van der Waals surface area contributed by atoms with Crippen molar-refractivity contribution in [3.63, 3.8) is 0 Å². The molecule has 2 rings (SSSR count). The Morgan fingerprint density at radius 1 is 1.26 bits per heavy atom. The molecule has 0 amide bonds. The highest BCUT2D eigenvalue weighted by Crippen LogP contribution is 2.24.